The Labute approximate surface area is 71.8 Å². The highest BCUT2D eigenvalue weighted by Crippen LogP contribution is 2.22. The minimum atomic E-state index is -1.08. The first kappa shape index (κ1) is 9.92. The molecule has 0 radical (unpaired) electrons. The molecule has 0 aromatic carbocycles. The smallest absolute Gasteiger partial charge is 0.111 e. The van der Waals surface area contributed by atoms with Crippen LogP contribution in [-0.2, 0) is 4.74 Å². The Balaban J connectivity index is 2.63. The fraction of sp³-hybridized carbons (Fsp3) is 1.00. The topological polar surface area (TPSA) is 69.9 Å². The Morgan fingerprint density at radius 3 is 2.17 bits per heavy atom. The first-order chi connectivity index (χ1) is 5.57. The van der Waals surface area contributed by atoms with Gasteiger partial charge in [0.25, 0.3) is 0 Å². The van der Waals surface area contributed by atoms with Crippen molar-refractivity contribution in [3.05, 3.63) is 0 Å². The Bertz CT molecular complexity index is 145. The molecular formula is C8H16O4. The van der Waals surface area contributed by atoms with E-state index in [4.69, 9.17) is 4.74 Å². The van der Waals surface area contributed by atoms with Gasteiger partial charge in [0.15, 0.2) is 0 Å². The summed E-state index contributed by atoms with van der Waals surface area (Å²) in [5, 5.41) is 28.0. The second-order valence-corrected chi connectivity index (χ2v) is 3.26. The fourth-order valence-electron chi connectivity index (χ4n) is 1.47. The van der Waals surface area contributed by atoms with E-state index in [1.54, 1.807) is 6.92 Å². The van der Waals surface area contributed by atoms with Crippen LogP contribution in [0, 0.1) is 0 Å². The summed E-state index contributed by atoms with van der Waals surface area (Å²) in [5.41, 5.74) is 0. The van der Waals surface area contributed by atoms with Gasteiger partial charge in [-0.2, -0.15) is 0 Å². The minimum absolute atomic E-state index is 0.363. The zero-order chi connectivity index (χ0) is 9.30. The van der Waals surface area contributed by atoms with Crippen molar-refractivity contribution in [2.75, 3.05) is 0 Å². The molecule has 1 aliphatic rings. The van der Waals surface area contributed by atoms with Gasteiger partial charge in [0, 0.05) is 0 Å². The third kappa shape index (κ3) is 1.61. The van der Waals surface area contributed by atoms with Crippen molar-refractivity contribution in [1.82, 2.24) is 0 Å². The monoisotopic (exact) mass is 176 g/mol. The Kier molecular flexibility index (Phi) is 3.06. The van der Waals surface area contributed by atoms with Crippen molar-refractivity contribution in [2.45, 2.75) is 50.8 Å². The van der Waals surface area contributed by atoms with Crippen LogP contribution in [0.5, 0.6) is 0 Å². The molecule has 1 fully saturated rings. The van der Waals surface area contributed by atoms with Gasteiger partial charge < -0.3 is 20.1 Å². The van der Waals surface area contributed by atoms with Gasteiger partial charge in [-0.25, -0.2) is 0 Å². The van der Waals surface area contributed by atoms with Crippen LogP contribution in [-0.4, -0.2) is 45.8 Å². The molecule has 72 valence electrons. The third-order valence-electron chi connectivity index (χ3n) is 2.35. The molecule has 0 spiro atoms. The molecule has 1 aliphatic heterocycles. The number of aliphatic hydroxyl groups is 3. The highest BCUT2D eigenvalue weighted by atomic mass is 16.5. The van der Waals surface area contributed by atoms with Crippen molar-refractivity contribution in [3.63, 3.8) is 0 Å². The molecule has 0 aromatic rings. The number of ether oxygens (including phenoxy) is 1. The van der Waals surface area contributed by atoms with Gasteiger partial charge in [-0.05, 0) is 13.3 Å². The molecule has 0 aliphatic carbocycles. The van der Waals surface area contributed by atoms with Crippen LogP contribution >= 0.6 is 0 Å². The predicted octanol–water partition coefficient (Wildman–Crippen LogP) is -0.734. The summed E-state index contributed by atoms with van der Waals surface area (Å²) in [6, 6.07) is 0. The standard InChI is InChI=1S/C8H16O4/c1-3-5-7(10)8(11)6(9)4(2)12-5/h4-11H,3H2,1-2H3/t4-,5?,6-,7-,8+/m0/s1. The molecule has 1 heterocycles. The van der Waals surface area contributed by atoms with Crippen molar-refractivity contribution >= 4 is 0 Å². The quantitative estimate of drug-likeness (QED) is 0.492. The molecule has 4 heteroatoms. The second-order valence-electron chi connectivity index (χ2n) is 3.26. The van der Waals surface area contributed by atoms with E-state index in [2.05, 4.69) is 0 Å². The summed E-state index contributed by atoms with van der Waals surface area (Å²) in [4.78, 5) is 0. The summed E-state index contributed by atoms with van der Waals surface area (Å²) >= 11 is 0. The molecular weight excluding hydrogens is 160 g/mol. The predicted molar refractivity (Wildman–Crippen MR) is 42.6 cm³/mol. The van der Waals surface area contributed by atoms with E-state index in [0.717, 1.165) is 0 Å². The van der Waals surface area contributed by atoms with E-state index in [1.165, 1.54) is 0 Å². The van der Waals surface area contributed by atoms with Crippen LogP contribution in [0.4, 0.5) is 0 Å². The Morgan fingerprint density at radius 1 is 1.08 bits per heavy atom. The molecule has 12 heavy (non-hydrogen) atoms. The molecule has 5 atom stereocenters. The summed E-state index contributed by atoms with van der Waals surface area (Å²) in [5.74, 6) is 0. The molecule has 1 saturated heterocycles. The van der Waals surface area contributed by atoms with Crippen molar-refractivity contribution in [1.29, 1.82) is 0 Å². The Morgan fingerprint density at radius 2 is 1.67 bits per heavy atom. The number of rotatable bonds is 1. The minimum Gasteiger partial charge on any atom is -0.388 e. The van der Waals surface area contributed by atoms with Crippen LogP contribution in [0.2, 0.25) is 0 Å². The molecule has 0 aromatic heterocycles. The van der Waals surface area contributed by atoms with E-state index in [1.807, 2.05) is 6.92 Å². The summed E-state index contributed by atoms with van der Waals surface area (Å²) in [6.45, 7) is 3.55. The third-order valence-corrected chi connectivity index (χ3v) is 2.35. The van der Waals surface area contributed by atoms with Crippen LogP contribution in [0.1, 0.15) is 20.3 Å². The highest BCUT2D eigenvalue weighted by molar-refractivity contribution is 4.89. The van der Waals surface area contributed by atoms with Gasteiger partial charge in [0.05, 0.1) is 12.2 Å². The lowest BCUT2D eigenvalue weighted by atomic mass is 9.94. The maximum absolute atomic E-state index is 9.39. The lowest BCUT2D eigenvalue weighted by molar-refractivity contribution is -0.217. The van der Waals surface area contributed by atoms with Crippen molar-refractivity contribution in [3.8, 4) is 0 Å². The zero-order valence-electron chi connectivity index (χ0n) is 7.34. The normalized spacial score (nSPS) is 49.2. The zero-order valence-corrected chi connectivity index (χ0v) is 7.34. The average Bonchev–Trinajstić information content (AvgIpc) is 2.08. The van der Waals surface area contributed by atoms with Crippen LogP contribution < -0.4 is 0 Å². The maximum atomic E-state index is 9.39. The molecule has 4 nitrogen and oxygen atoms in total. The number of hydrogen-bond donors (Lipinski definition) is 3. The fourth-order valence-corrected chi connectivity index (χ4v) is 1.47. The SMILES string of the molecule is CCC1O[C@@H](C)[C@H](O)[C@@H](O)[C@H]1O. The lowest BCUT2D eigenvalue weighted by Crippen LogP contribution is -2.56. The summed E-state index contributed by atoms with van der Waals surface area (Å²) < 4.78 is 5.27. The van der Waals surface area contributed by atoms with E-state index < -0.39 is 24.4 Å². The van der Waals surface area contributed by atoms with Crippen molar-refractivity contribution in [2.24, 2.45) is 0 Å². The number of hydrogen-bond acceptors (Lipinski definition) is 4. The second kappa shape index (κ2) is 3.70. The molecule has 3 N–H and O–H groups in total. The van der Waals surface area contributed by atoms with E-state index >= 15 is 0 Å². The van der Waals surface area contributed by atoms with Gasteiger partial charge in [0.2, 0.25) is 0 Å². The van der Waals surface area contributed by atoms with Gasteiger partial charge >= 0.3 is 0 Å². The van der Waals surface area contributed by atoms with Crippen LogP contribution in [0.3, 0.4) is 0 Å². The van der Waals surface area contributed by atoms with Crippen LogP contribution in [0.15, 0.2) is 0 Å². The largest absolute Gasteiger partial charge is 0.388 e. The van der Waals surface area contributed by atoms with Crippen molar-refractivity contribution < 1.29 is 20.1 Å². The lowest BCUT2D eigenvalue weighted by Gasteiger charge is -2.39. The maximum Gasteiger partial charge on any atom is 0.111 e. The highest BCUT2D eigenvalue weighted by Gasteiger charge is 2.40. The first-order valence-electron chi connectivity index (χ1n) is 4.27. The molecule has 0 amide bonds. The molecule has 1 unspecified atom stereocenters. The Hall–Kier alpha value is -0.160. The van der Waals surface area contributed by atoms with Gasteiger partial charge in [-0.1, -0.05) is 6.92 Å². The summed E-state index contributed by atoms with van der Waals surface area (Å²) in [6.07, 6.45) is -3.18. The summed E-state index contributed by atoms with van der Waals surface area (Å²) in [7, 11) is 0. The van der Waals surface area contributed by atoms with Gasteiger partial charge in [0.1, 0.15) is 18.3 Å². The molecule has 0 bridgehead atoms. The van der Waals surface area contributed by atoms with Gasteiger partial charge in [-0.15, -0.1) is 0 Å². The molecule has 0 saturated carbocycles. The van der Waals surface area contributed by atoms with E-state index in [0.29, 0.717) is 6.42 Å². The average molecular weight is 176 g/mol. The van der Waals surface area contributed by atoms with Gasteiger partial charge in [-0.3, -0.25) is 0 Å². The first-order valence-corrected chi connectivity index (χ1v) is 4.27. The van der Waals surface area contributed by atoms with E-state index in [-0.39, 0.29) is 6.10 Å². The molecule has 1 rings (SSSR count). The number of aliphatic hydroxyl groups excluding tert-OH is 3. The van der Waals surface area contributed by atoms with E-state index in [9.17, 15) is 15.3 Å². The van der Waals surface area contributed by atoms with Crippen LogP contribution in [0.25, 0.3) is 0 Å².